The lowest BCUT2D eigenvalue weighted by Crippen LogP contribution is -2.13. The SMILES string of the molecule is O=C(Nc1ccccc1CO)c1ccc2[nH]ncc2c1. The third-order valence-electron chi connectivity index (χ3n) is 3.14. The van der Waals surface area contributed by atoms with E-state index in [1.807, 2.05) is 18.2 Å². The van der Waals surface area contributed by atoms with E-state index in [-0.39, 0.29) is 12.5 Å². The smallest absolute Gasteiger partial charge is 0.255 e. The number of rotatable bonds is 3. The predicted molar refractivity (Wildman–Crippen MR) is 76.4 cm³/mol. The monoisotopic (exact) mass is 267 g/mol. The molecule has 3 rings (SSSR count). The normalized spacial score (nSPS) is 10.7. The lowest BCUT2D eigenvalue weighted by Gasteiger charge is -2.09. The van der Waals surface area contributed by atoms with Crippen molar-refractivity contribution < 1.29 is 9.90 Å². The van der Waals surface area contributed by atoms with Crippen molar-refractivity contribution in [2.45, 2.75) is 6.61 Å². The number of aliphatic hydroxyl groups excluding tert-OH is 1. The van der Waals surface area contributed by atoms with Crippen LogP contribution in [0, 0.1) is 0 Å². The van der Waals surface area contributed by atoms with Crippen molar-refractivity contribution in [2.75, 3.05) is 5.32 Å². The summed E-state index contributed by atoms with van der Waals surface area (Å²) < 4.78 is 0. The number of hydrogen-bond acceptors (Lipinski definition) is 3. The molecule has 0 unspecified atom stereocenters. The van der Waals surface area contributed by atoms with Crippen molar-refractivity contribution in [2.24, 2.45) is 0 Å². The zero-order chi connectivity index (χ0) is 13.9. The van der Waals surface area contributed by atoms with Gasteiger partial charge in [-0.05, 0) is 24.3 Å². The average Bonchev–Trinajstić information content (AvgIpc) is 2.95. The summed E-state index contributed by atoms with van der Waals surface area (Å²) in [6, 6.07) is 12.5. The minimum absolute atomic E-state index is 0.114. The quantitative estimate of drug-likeness (QED) is 0.681. The molecule has 2 aromatic carbocycles. The number of hydrogen-bond donors (Lipinski definition) is 3. The summed E-state index contributed by atoms with van der Waals surface area (Å²) in [5, 5.41) is 19.7. The third-order valence-corrected chi connectivity index (χ3v) is 3.14. The molecule has 3 N–H and O–H groups in total. The number of para-hydroxylation sites is 1. The standard InChI is InChI=1S/C15H13N3O2/c19-9-11-3-1-2-4-13(11)17-15(20)10-5-6-14-12(7-10)8-16-18-14/h1-8,19H,9H2,(H,16,18)(H,17,20). The Morgan fingerprint density at radius 3 is 2.95 bits per heavy atom. The average molecular weight is 267 g/mol. The number of anilines is 1. The van der Waals surface area contributed by atoms with Crippen molar-refractivity contribution in [3.8, 4) is 0 Å². The van der Waals surface area contributed by atoms with E-state index in [0.29, 0.717) is 16.8 Å². The number of aromatic amines is 1. The first-order valence-electron chi connectivity index (χ1n) is 6.21. The van der Waals surface area contributed by atoms with Crippen LogP contribution in [0.3, 0.4) is 0 Å². The van der Waals surface area contributed by atoms with Crippen LogP contribution in [0.25, 0.3) is 10.9 Å². The zero-order valence-electron chi connectivity index (χ0n) is 10.6. The summed E-state index contributed by atoms with van der Waals surface area (Å²) in [4.78, 5) is 12.2. The van der Waals surface area contributed by atoms with Crippen LogP contribution < -0.4 is 5.32 Å². The second-order valence-electron chi connectivity index (χ2n) is 4.44. The molecule has 0 aliphatic rings. The fraction of sp³-hybridized carbons (Fsp3) is 0.0667. The second kappa shape index (κ2) is 5.14. The molecule has 0 saturated carbocycles. The Kier molecular flexibility index (Phi) is 3.18. The van der Waals surface area contributed by atoms with Crippen LogP contribution in [-0.4, -0.2) is 21.2 Å². The van der Waals surface area contributed by atoms with Gasteiger partial charge in [0, 0.05) is 22.2 Å². The highest BCUT2D eigenvalue weighted by Gasteiger charge is 2.09. The predicted octanol–water partition coefficient (Wildman–Crippen LogP) is 2.31. The van der Waals surface area contributed by atoms with Gasteiger partial charge in [0.05, 0.1) is 18.3 Å². The van der Waals surface area contributed by atoms with Crippen LogP contribution in [0.4, 0.5) is 5.69 Å². The maximum Gasteiger partial charge on any atom is 0.255 e. The first-order chi connectivity index (χ1) is 9.78. The van der Waals surface area contributed by atoms with Crippen LogP contribution in [-0.2, 0) is 6.61 Å². The maximum absolute atomic E-state index is 12.2. The van der Waals surface area contributed by atoms with Gasteiger partial charge in [0.25, 0.3) is 5.91 Å². The molecule has 1 amide bonds. The van der Waals surface area contributed by atoms with Crippen LogP contribution >= 0.6 is 0 Å². The molecule has 0 spiro atoms. The van der Waals surface area contributed by atoms with E-state index >= 15 is 0 Å². The number of aromatic nitrogens is 2. The highest BCUT2D eigenvalue weighted by molar-refractivity contribution is 6.06. The van der Waals surface area contributed by atoms with Gasteiger partial charge in [-0.15, -0.1) is 0 Å². The minimum atomic E-state index is -0.214. The van der Waals surface area contributed by atoms with E-state index in [2.05, 4.69) is 15.5 Å². The van der Waals surface area contributed by atoms with Gasteiger partial charge in [-0.3, -0.25) is 9.89 Å². The molecule has 0 aliphatic carbocycles. The van der Waals surface area contributed by atoms with Gasteiger partial charge < -0.3 is 10.4 Å². The molecule has 1 aromatic heterocycles. The molecule has 0 radical (unpaired) electrons. The summed E-state index contributed by atoms with van der Waals surface area (Å²) in [7, 11) is 0. The Hall–Kier alpha value is -2.66. The first kappa shape index (κ1) is 12.4. The van der Waals surface area contributed by atoms with Crippen molar-refractivity contribution in [3.63, 3.8) is 0 Å². The molecule has 20 heavy (non-hydrogen) atoms. The molecule has 0 saturated heterocycles. The van der Waals surface area contributed by atoms with Crippen LogP contribution in [0.2, 0.25) is 0 Å². The van der Waals surface area contributed by atoms with E-state index in [9.17, 15) is 9.90 Å². The minimum Gasteiger partial charge on any atom is -0.392 e. The van der Waals surface area contributed by atoms with Gasteiger partial charge >= 0.3 is 0 Å². The van der Waals surface area contributed by atoms with Crippen molar-refractivity contribution in [3.05, 3.63) is 59.8 Å². The second-order valence-corrected chi connectivity index (χ2v) is 4.44. The summed E-state index contributed by atoms with van der Waals surface area (Å²) in [6.07, 6.45) is 1.67. The molecule has 3 aromatic rings. The van der Waals surface area contributed by atoms with Crippen molar-refractivity contribution in [1.29, 1.82) is 0 Å². The summed E-state index contributed by atoms with van der Waals surface area (Å²) >= 11 is 0. The lowest BCUT2D eigenvalue weighted by atomic mass is 10.1. The van der Waals surface area contributed by atoms with Gasteiger partial charge in [-0.1, -0.05) is 18.2 Å². The van der Waals surface area contributed by atoms with Crippen LogP contribution in [0.15, 0.2) is 48.7 Å². The van der Waals surface area contributed by atoms with E-state index in [4.69, 9.17) is 0 Å². The Bertz CT molecular complexity index is 764. The maximum atomic E-state index is 12.2. The number of carbonyl (C=O) groups is 1. The number of carbonyl (C=O) groups excluding carboxylic acids is 1. The van der Waals surface area contributed by atoms with Crippen molar-refractivity contribution >= 4 is 22.5 Å². The highest BCUT2D eigenvalue weighted by Crippen LogP contribution is 2.18. The fourth-order valence-corrected chi connectivity index (χ4v) is 2.06. The largest absolute Gasteiger partial charge is 0.392 e. The molecular weight excluding hydrogens is 254 g/mol. The van der Waals surface area contributed by atoms with Gasteiger partial charge in [0.1, 0.15) is 0 Å². The number of fused-ring (bicyclic) bond motifs is 1. The lowest BCUT2D eigenvalue weighted by molar-refractivity contribution is 0.102. The molecule has 0 atom stereocenters. The van der Waals surface area contributed by atoms with Gasteiger partial charge in [-0.2, -0.15) is 5.10 Å². The van der Waals surface area contributed by atoms with Gasteiger partial charge in [0.2, 0.25) is 0 Å². The van der Waals surface area contributed by atoms with Crippen molar-refractivity contribution in [1.82, 2.24) is 10.2 Å². The Balaban J connectivity index is 1.88. The number of amides is 1. The molecule has 0 aliphatic heterocycles. The molecule has 100 valence electrons. The summed E-state index contributed by atoms with van der Waals surface area (Å²) in [6.45, 7) is -0.114. The fourth-order valence-electron chi connectivity index (χ4n) is 2.06. The topological polar surface area (TPSA) is 78.0 Å². The number of H-pyrrole nitrogens is 1. The molecule has 5 nitrogen and oxygen atoms in total. The molecule has 0 bridgehead atoms. The number of aliphatic hydroxyl groups is 1. The van der Waals surface area contributed by atoms with Gasteiger partial charge in [-0.25, -0.2) is 0 Å². The number of benzene rings is 2. The van der Waals surface area contributed by atoms with Gasteiger partial charge in [0.15, 0.2) is 0 Å². The zero-order valence-corrected chi connectivity index (χ0v) is 10.6. The Morgan fingerprint density at radius 1 is 1.25 bits per heavy atom. The summed E-state index contributed by atoms with van der Waals surface area (Å²) in [5.41, 5.74) is 2.74. The molecule has 5 heteroatoms. The van der Waals surface area contributed by atoms with E-state index < -0.39 is 0 Å². The Morgan fingerprint density at radius 2 is 2.10 bits per heavy atom. The van der Waals surface area contributed by atoms with Crippen LogP contribution in [0.5, 0.6) is 0 Å². The number of nitrogens with one attached hydrogen (secondary N) is 2. The summed E-state index contributed by atoms with van der Waals surface area (Å²) in [5.74, 6) is -0.214. The molecule has 0 fully saturated rings. The third kappa shape index (κ3) is 2.26. The molecular formula is C15H13N3O2. The van der Waals surface area contributed by atoms with Crippen LogP contribution in [0.1, 0.15) is 15.9 Å². The first-order valence-corrected chi connectivity index (χ1v) is 6.21. The highest BCUT2D eigenvalue weighted by atomic mass is 16.3. The van der Waals surface area contributed by atoms with E-state index in [1.54, 1.807) is 30.5 Å². The van der Waals surface area contributed by atoms with E-state index in [0.717, 1.165) is 10.9 Å². The Labute approximate surface area is 115 Å². The van der Waals surface area contributed by atoms with E-state index in [1.165, 1.54) is 0 Å². The number of nitrogens with zero attached hydrogens (tertiary/aromatic N) is 1. The molecule has 1 heterocycles.